The molecule has 0 aliphatic heterocycles. The van der Waals surface area contributed by atoms with Crippen LogP contribution in [0.4, 0.5) is 5.69 Å². The predicted octanol–water partition coefficient (Wildman–Crippen LogP) is 4.58. The minimum atomic E-state index is -0.953. The van der Waals surface area contributed by atoms with Gasteiger partial charge in [0.25, 0.3) is 5.91 Å². The van der Waals surface area contributed by atoms with E-state index in [4.69, 9.17) is 4.74 Å². The van der Waals surface area contributed by atoms with Gasteiger partial charge in [-0.05, 0) is 61.9 Å². The maximum atomic E-state index is 12.5. The molecule has 0 saturated heterocycles. The molecule has 3 aromatic carbocycles. The summed E-state index contributed by atoms with van der Waals surface area (Å²) in [5.41, 5.74) is 3.93. The molecule has 0 aliphatic rings. The highest BCUT2D eigenvalue weighted by molar-refractivity contribution is 5.99. The molecule has 4 rings (SSSR count). The van der Waals surface area contributed by atoms with E-state index in [1.807, 2.05) is 56.3 Å². The molecule has 30 heavy (non-hydrogen) atoms. The number of ether oxygens (including phenoxy) is 1. The van der Waals surface area contributed by atoms with Crippen molar-refractivity contribution in [3.8, 4) is 0 Å². The number of rotatable bonds is 4. The Hall–Kier alpha value is -3.80. The summed E-state index contributed by atoms with van der Waals surface area (Å²) in [5, 5.41) is 4.90. The number of nitrogens with one attached hydrogen (secondary N) is 1. The largest absolute Gasteiger partial charge is 0.449 e. The molecule has 4 aromatic rings. The van der Waals surface area contributed by atoms with Gasteiger partial charge in [0.1, 0.15) is 0 Å². The number of amides is 1. The Morgan fingerprint density at radius 1 is 0.867 bits per heavy atom. The lowest BCUT2D eigenvalue weighted by Gasteiger charge is -2.14. The van der Waals surface area contributed by atoms with E-state index in [1.165, 1.54) is 0 Å². The lowest BCUT2D eigenvalue weighted by atomic mass is 10.1. The lowest BCUT2D eigenvalue weighted by molar-refractivity contribution is -0.123. The van der Waals surface area contributed by atoms with E-state index < -0.39 is 18.0 Å². The third-order valence-corrected chi connectivity index (χ3v) is 4.98. The zero-order chi connectivity index (χ0) is 21.3. The predicted molar refractivity (Wildman–Crippen MR) is 116 cm³/mol. The first-order valence-corrected chi connectivity index (χ1v) is 9.66. The van der Waals surface area contributed by atoms with E-state index >= 15 is 0 Å². The first-order chi connectivity index (χ1) is 14.4. The summed E-state index contributed by atoms with van der Waals surface area (Å²) in [4.78, 5) is 33.9. The topological polar surface area (TPSA) is 81.2 Å². The van der Waals surface area contributed by atoms with E-state index in [9.17, 15) is 9.59 Å². The van der Waals surface area contributed by atoms with Gasteiger partial charge in [-0.15, -0.1) is 0 Å². The number of aromatic nitrogens is 2. The van der Waals surface area contributed by atoms with Crippen LogP contribution in [-0.2, 0) is 9.53 Å². The maximum Gasteiger partial charge on any atom is 0.338 e. The van der Waals surface area contributed by atoms with E-state index in [0.717, 1.165) is 22.2 Å². The van der Waals surface area contributed by atoms with Crippen molar-refractivity contribution >= 4 is 39.4 Å². The number of benzene rings is 3. The van der Waals surface area contributed by atoms with Crippen LogP contribution in [0.25, 0.3) is 21.8 Å². The number of hydrogen-bond donors (Lipinski definition) is 1. The Balaban J connectivity index is 1.46. The molecule has 1 N–H and O–H groups in total. The van der Waals surface area contributed by atoms with Crippen molar-refractivity contribution in [2.24, 2.45) is 0 Å². The van der Waals surface area contributed by atoms with Gasteiger partial charge < -0.3 is 10.1 Å². The molecule has 6 heteroatoms. The molecule has 0 unspecified atom stereocenters. The fourth-order valence-electron chi connectivity index (χ4n) is 3.15. The highest BCUT2D eigenvalue weighted by Gasteiger charge is 2.20. The SMILES string of the molecule is Cc1nc2ccc(C(=O)O[C@@H](C)C(=O)Nc3ccc4ccccc4c3)cc2nc1C. The first kappa shape index (κ1) is 19.5. The Morgan fingerprint density at radius 2 is 1.57 bits per heavy atom. The summed E-state index contributed by atoms with van der Waals surface area (Å²) >= 11 is 0. The summed E-state index contributed by atoms with van der Waals surface area (Å²) < 4.78 is 5.36. The van der Waals surface area contributed by atoms with Gasteiger partial charge in [0.15, 0.2) is 6.10 Å². The molecule has 150 valence electrons. The van der Waals surface area contributed by atoms with Crippen molar-refractivity contribution in [1.29, 1.82) is 0 Å². The van der Waals surface area contributed by atoms with Gasteiger partial charge in [0.2, 0.25) is 0 Å². The zero-order valence-electron chi connectivity index (χ0n) is 17.0. The number of hydrogen-bond acceptors (Lipinski definition) is 5. The van der Waals surface area contributed by atoms with E-state index in [2.05, 4.69) is 15.3 Å². The van der Waals surface area contributed by atoms with Gasteiger partial charge in [0.05, 0.1) is 28.0 Å². The number of fused-ring (bicyclic) bond motifs is 2. The fraction of sp³-hybridized carbons (Fsp3) is 0.167. The number of anilines is 1. The molecule has 1 atom stereocenters. The van der Waals surface area contributed by atoms with Crippen molar-refractivity contribution in [1.82, 2.24) is 9.97 Å². The van der Waals surface area contributed by atoms with Gasteiger partial charge in [-0.1, -0.05) is 30.3 Å². The summed E-state index contributed by atoms with van der Waals surface area (Å²) in [6, 6.07) is 18.5. The number of carbonyl (C=O) groups excluding carboxylic acids is 2. The molecule has 0 fully saturated rings. The minimum absolute atomic E-state index is 0.324. The van der Waals surface area contributed by atoms with Crippen LogP contribution in [0.5, 0.6) is 0 Å². The van der Waals surface area contributed by atoms with Crippen LogP contribution in [0.3, 0.4) is 0 Å². The molecule has 0 bridgehead atoms. The van der Waals surface area contributed by atoms with Crippen molar-refractivity contribution in [2.75, 3.05) is 5.32 Å². The number of esters is 1. The Kier molecular flexibility index (Phi) is 5.14. The average Bonchev–Trinajstić information content (AvgIpc) is 2.74. The molecule has 0 radical (unpaired) electrons. The second-order valence-corrected chi connectivity index (χ2v) is 7.20. The van der Waals surface area contributed by atoms with Crippen LogP contribution in [0.1, 0.15) is 28.7 Å². The highest BCUT2D eigenvalue weighted by atomic mass is 16.5. The Bertz CT molecular complexity index is 1280. The third-order valence-electron chi connectivity index (χ3n) is 4.98. The van der Waals surface area contributed by atoms with Crippen molar-refractivity contribution < 1.29 is 14.3 Å². The van der Waals surface area contributed by atoms with Crippen LogP contribution >= 0.6 is 0 Å². The van der Waals surface area contributed by atoms with Crippen LogP contribution in [0.15, 0.2) is 60.7 Å². The Labute approximate surface area is 173 Å². The third kappa shape index (κ3) is 3.98. The van der Waals surface area contributed by atoms with Gasteiger partial charge >= 0.3 is 5.97 Å². The number of nitrogens with zero attached hydrogens (tertiary/aromatic N) is 2. The molecular weight excluding hydrogens is 378 g/mol. The quantitative estimate of drug-likeness (QED) is 0.508. The van der Waals surface area contributed by atoms with Gasteiger partial charge in [-0.25, -0.2) is 14.8 Å². The van der Waals surface area contributed by atoms with Crippen LogP contribution in [-0.4, -0.2) is 27.9 Å². The molecule has 0 aliphatic carbocycles. The van der Waals surface area contributed by atoms with E-state index in [0.29, 0.717) is 22.3 Å². The highest BCUT2D eigenvalue weighted by Crippen LogP contribution is 2.20. The van der Waals surface area contributed by atoms with Gasteiger partial charge in [-0.2, -0.15) is 0 Å². The van der Waals surface area contributed by atoms with Gasteiger partial charge in [-0.3, -0.25) is 4.79 Å². The van der Waals surface area contributed by atoms with Crippen LogP contribution < -0.4 is 5.32 Å². The lowest BCUT2D eigenvalue weighted by Crippen LogP contribution is -2.30. The number of aryl methyl sites for hydroxylation is 2. The van der Waals surface area contributed by atoms with Crippen molar-refractivity contribution in [3.05, 3.63) is 77.6 Å². The molecule has 6 nitrogen and oxygen atoms in total. The van der Waals surface area contributed by atoms with Crippen LogP contribution in [0, 0.1) is 13.8 Å². The summed E-state index contributed by atoms with van der Waals surface area (Å²) in [5.74, 6) is -0.983. The minimum Gasteiger partial charge on any atom is -0.449 e. The zero-order valence-corrected chi connectivity index (χ0v) is 17.0. The monoisotopic (exact) mass is 399 g/mol. The molecule has 0 saturated carbocycles. The fourth-order valence-corrected chi connectivity index (χ4v) is 3.15. The second kappa shape index (κ2) is 7.91. The molecule has 0 spiro atoms. The standard InChI is InChI=1S/C24H21N3O3/c1-14-15(2)26-22-13-19(9-11-21(22)25-14)24(29)30-16(3)23(28)27-20-10-8-17-6-4-5-7-18(17)12-20/h4-13,16H,1-3H3,(H,27,28)/t16-/m0/s1. The molecule has 1 aromatic heterocycles. The first-order valence-electron chi connectivity index (χ1n) is 9.66. The Morgan fingerprint density at radius 3 is 2.33 bits per heavy atom. The van der Waals surface area contributed by atoms with Crippen molar-refractivity contribution in [3.63, 3.8) is 0 Å². The van der Waals surface area contributed by atoms with Gasteiger partial charge in [0, 0.05) is 5.69 Å². The normalized spacial score (nSPS) is 12.0. The van der Waals surface area contributed by atoms with E-state index in [1.54, 1.807) is 25.1 Å². The number of carbonyl (C=O) groups is 2. The van der Waals surface area contributed by atoms with E-state index in [-0.39, 0.29) is 0 Å². The smallest absolute Gasteiger partial charge is 0.338 e. The molecular formula is C24H21N3O3. The maximum absolute atomic E-state index is 12.5. The summed E-state index contributed by atoms with van der Waals surface area (Å²) in [6.45, 7) is 5.30. The van der Waals surface area contributed by atoms with Crippen LogP contribution in [0.2, 0.25) is 0 Å². The average molecular weight is 399 g/mol. The van der Waals surface area contributed by atoms with Crippen molar-refractivity contribution in [2.45, 2.75) is 26.9 Å². The summed E-state index contributed by atoms with van der Waals surface area (Å²) in [7, 11) is 0. The summed E-state index contributed by atoms with van der Waals surface area (Å²) in [6.07, 6.45) is -0.953. The molecule has 1 amide bonds. The molecule has 1 heterocycles. The second-order valence-electron chi connectivity index (χ2n) is 7.20.